The van der Waals surface area contributed by atoms with Crippen LogP contribution in [0.4, 0.5) is 13.2 Å². The number of aromatic nitrogens is 1. The van der Waals surface area contributed by atoms with Crippen LogP contribution in [-0.2, 0) is 25.9 Å². The van der Waals surface area contributed by atoms with Crippen molar-refractivity contribution in [3.05, 3.63) is 62.8 Å². The second-order valence-corrected chi connectivity index (χ2v) is 8.37. The summed E-state index contributed by atoms with van der Waals surface area (Å²) >= 11 is 9.29. The van der Waals surface area contributed by atoms with Crippen LogP contribution in [-0.4, -0.2) is 40.6 Å². The van der Waals surface area contributed by atoms with Crippen LogP contribution in [0.5, 0.6) is 0 Å². The number of hydrogen-bond donors (Lipinski definition) is 2. The highest BCUT2D eigenvalue weighted by Crippen LogP contribution is 2.34. The fraction of sp³-hybridized carbons (Fsp3) is 0.333. The van der Waals surface area contributed by atoms with Crippen molar-refractivity contribution in [3.8, 4) is 0 Å². The minimum atomic E-state index is -4.83. The third-order valence-electron chi connectivity index (χ3n) is 4.80. The standard InChI is InChI=1S/C21H19BrClF3N2O5/c1-3-11(2)33-19(32)20(18(30)31,16-15(23)8-12(22)9-27-16)10-28-17(29)13-6-4-5-7-14(13)21(24,25)26/h4-9,11H,3,10H2,1-2H3,(H,28,29)(H,30,31). The van der Waals surface area contributed by atoms with Crippen molar-refractivity contribution < 1.29 is 37.4 Å². The summed E-state index contributed by atoms with van der Waals surface area (Å²) in [5.41, 5.74) is -5.01. The van der Waals surface area contributed by atoms with Gasteiger partial charge < -0.3 is 15.2 Å². The van der Waals surface area contributed by atoms with Crippen molar-refractivity contribution in [3.63, 3.8) is 0 Å². The molecule has 1 aromatic heterocycles. The van der Waals surface area contributed by atoms with Crippen molar-refractivity contribution in [2.45, 2.75) is 38.0 Å². The van der Waals surface area contributed by atoms with Crippen LogP contribution in [0.15, 0.2) is 41.0 Å². The van der Waals surface area contributed by atoms with Gasteiger partial charge in [0.25, 0.3) is 5.91 Å². The number of esters is 1. The average molecular weight is 552 g/mol. The normalized spacial score (nSPS) is 14.2. The molecule has 1 amide bonds. The molecule has 33 heavy (non-hydrogen) atoms. The fourth-order valence-corrected chi connectivity index (χ4v) is 3.64. The second-order valence-electron chi connectivity index (χ2n) is 7.04. The molecule has 0 aliphatic rings. The second kappa shape index (κ2) is 10.5. The highest BCUT2D eigenvalue weighted by molar-refractivity contribution is 9.10. The zero-order chi connectivity index (χ0) is 25.0. The number of pyridine rings is 1. The van der Waals surface area contributed by atoms with Gasteiger partial charge in [-0.25, -0.2) is 0 Å². The van der Waals surface area contributed by atoms with E-state index < -0.39 is 58.9 Å². The summed E-state index contributed by atoms with van der Waals surface area (Å²) in [7, 11) is 0. The minimum absolute atomic E-state index is 0.224. The van der Waals surface area contributed by atoms with Crippen molar-refractivity contribution in [2.75, 3.05) is 6.54 Å². The number of alkyl halides is 3. The van der Waals surface area contributed by atoms with Gasteiger partial charge in [0.1, 0.15) is 0 Å². The molecular weight excluding hydrogens is 533 g/mol. The summed E-state index contributed by atoms with van der Waals surface area (Å²) in [5, 5.41) is 11.9. The number of carbonyl (C=O) groups is 3. The lowest BCUT2D eigenvalue weighted by Gasteiger charge is -2.29. The van der Waals surface area contributed by atoms with Crippen LogP contribution in [0.3, 0.4) is 0 Å². The van der Waals surface area contributed by atoms with Gasteiger partial charge in [-0.15, -0.1) is 0 Å². The molecule has 0 fully saturated rings. The SMILES string of the molecule is CCC(C)OC(=O)C(CNC(=O)c1ccccc1C(F)(F)F)(C(=O)O)c1ncc(Br)cc1Cl. The quantitative estimate of drug-likeness (QED) is 0.367. The third-order valence-corrected chi connectivity index (χ3v) is 5.52. The molecule has 12 heteroatoms. The Kier molecular flexibility index (Phi) is 8.47. The number of nitrogens with one attached hydrogen (secondary N) is 1. The predicted molar refractivity (Wildman–Crippen MR) is 116 cm³/mol. The van der Waals surface area contributed by atoms with Crippen molar-refractivity contribution in [1.29, 1.82) is 0 Å². The van der Waals surface area contributed by atoms with Crippen molar-refractivity contribution >= 4 is 45.4 Å². The van der Waals surface area contributed by atoms with Crippen molar-refractivity contribution in [1.82, 2.24) is 10.3 Å². The Hall–Kier alpha value is -2.66. The first kappa shape index (κ1) is 26.6. The maximum Gasteiger partial charge on any atom is 0.417 e. The number of halogens is 5. The third kappa shape index (κ3) is 5.83. The van der Waals surface area contributed by atoms with Gasteiger partial charge in [0, 0.05) is 10.7 Å². The van der Waals surface area contributed by atoms with E-state index in [1.165, 1.54) is 25.3 Å². The molecule has 7 nitrogen and oxygen atoms in total. The van der Waals surface area contributed by atoms with Crippen molar-refractivity contribution in [2.24, 2.45) is 0 Å². The lowest BCUT2D eigenvalue weighted by Crippen LogP contribution is -2.54. The maximum atomic E-state index is 13.3. The number of aliphatic carboxylic acids is 1. The molecular formula is C21H19BrClF3N2O5. The first-order valence-corrected chi connectivity index (χ1v) is 10.7. The number of benzene rings is 1. The summed E-state index contributed by atoms with van der Waals surface area (Å²) in [6.07, 6.45) is -3.97. The number of hydrogen-bond acceptors (Lipinski definition) is 5. The van der Waals surface area contributed by atoms with E-state index in [4.69, 9.17) is 16.3 Å². The first-order chi connectivity index (χ1) is 15.3. The van der Waals surface area contributed by atoms with E-state index in [1.807, 2.05) is 0 Å². The molecule has 1 aromatic carbocycles. The van der Waals surface area contributed by atoms with E-state index in [9.17, 15) is 32.7 Å². The molecule has 2 N–H and O–H groups in total. The Morgan fingerprint density at radius 1 is 1.27 bits per heavy atom. The summed E-state index contributed by atoms with van der Waals surface area (Å²) in [6, 6.07) is 5.26. The molecule has 2 atom stereocenters. The Bertz CT molecular complexity index is 1070. The number of carboxylic acid groups (broad SMARTS) is 1. The van der Waals surface area contributed by atoms with Gasteiger partial charge >= 0.3 is 18.1 Å². The summed E-state index contributed by atoms with van der Waals surface area (Å²) < 4.78 is 45.5. The van der Waals surface area contributed by atoms with E-state index in [2.05, 4.69) is 26.2 Å². The zero-order valence-electron chi connectivity index (χ0n) is 17.4. The molecule has 0 aliphatic heterocycles. The Morgan fingerprint density at radius 2 is 1.91 bits per heavy atom. The summed E-state index contributed by atoms with van der Waals surface area (Å²) in [4.78, 5) is 42.0. The predicted octanol–water partition coefficient (Wildman–Crippen LogP) is 4.61. The molecule has 1 heterocycles. The van der Waals surface area contributed by atoms with Crippen LogP contribution in [0.25, 0.3) is 0 Å². The highest BCUT2D eigenvalue weighted by atomic mass is 79.9. The molecule has 0 bridgehead atoms. The summed E-state index contributed by atoms with van der Waals surface area (Å²) in [6.45, 7) is 2.26. The van der Waals surface area contributed by atoms with Crippen LogP contribution < -0.4 is 5.32 Å². The Morgan fingerprint density at radius 3 is 2.45 bits per heavy atom. The van der Waals surface area contributed by atoms with Gasteiger partial charge in [-0.3, -0.25) is 19.4 Å². The van der Waals surface area contributed by atoms with Crippen LogP contribution in [0.1, 0.15) is 41.9 Å². The number of nitrogens with zero attached hydrogens (tertiary/aromatic N) is 1. The van der Waals surface area contributed by atoms with Crippen LogP contribution in [0.2, 0.25) is 5.02 Å². The maximum absolute atomic E-state index is 13.3. The number of carboxylic acids is 1. The largest absolute Gasteiger partial charge is 0.480 e. The molecule has 0 saturated carbocycles. The fourth-order valence-electron chi connectivity index (χ4n) is 2.85. The van der Waals surface area contributed by atoms with E-state index in [1.54, 1.807) is 6.92 Å². The molecule has 0 aliphatic carbocycles. The molecule has 0 saturated heterocycles. The highest BCUT2D eigenvalue weighted by Gasteiger charge is 2.53. The number of ether oxygens (including phenoxy) is 1. The minimum Gasteiger partial charge on any atom is -0.480 e. The monoisotopic (exact) mass is 550 g/mol. The zero-order valence-corrected chi connectivity index (χ0v) is 19.7. The van der Waals surface area contributed by atoms with Gasteiger partial charge in [0.05, 0.1) is 34.5 Å². The van der Waals surface area contributed by atoms with Gasteiger partial charge in [-0.1, -0.05) is 30.7 Å². The van der Waals surface area contributed by atoms with E-state index >= 15 is 0 Å². The van der Waals surface area contributed by atoms with Gasteiger partial charge in [0.15, 0.2) is 0 Å². The molecule has 0 radical (unpaired) electrons. The lowest BCUT2D eigenvalue weighted by molar-refractivity contribution is -0.165. The topological polar surface area (TPSA) is 106 Å². The number of rotatable bonds is 8. The van der Waals surface area contributed by atoms with Crippen LogP contribution >= 0.6 is 27.5 Å². The Labute approximate surface area is 200 Å². The smallest absolute Gasteiger partial charge is 0.417 e. The van der Waals surface area contributed by atoms with Gasteiger partial charge in [0.2, 0.25) is 5.41 Å². The first-order valence-electron chi connectivity index (χ1n) is 9.55. The van der Waals surface area contributed by atoms with Gasteiger partial charge in [-0.05, 0) is 47.5 Å². The molecule has 2 aromatic rings. The molecule has 2 unspecified atom stereocenters. The number of carbonyl (C=O) groups excluding carboxylic acids is 2. The molecule has 0 spiro atoms. The van der Waals surface area contributed by atoms with Crippen LogP contribution in [0, 0.1) is 0 Å². The Balaban J connectivity index is 2.54. The van der Waals surface area contributed by atoms with E-state index in [-0.39, 0.29) is 5.02 Å². The lowest BCUT2D eigenvalue weighted by atomic mass is 9.83. The average Bonchev–Trinajstić information content (AvgIpc) is 2.74. The molecule has 2 rings (SSSR count). The van der Waals surface area contributed by atoms with E-state index in [0.29, 0.717) is 17.0 Å². The van der Waals surface area contributed by atoms with E-state index in [0.717, 1.165) is 12.1 Å². The molecule has 178 valence electrons. The van der Waals surface area contributed by atoms with Gasteiger partial charge in [-0.2, -0.15) is 13.2 Å². The number of amides is 1. The summed E-state index contributed by atoms with van der Waals surface area (Å²) in [5.74, 6) is -4.26.